The maximum atomic E-state index is 12.3. The van der Waals surface area contributed by atoms with Crippen LogP contribution in [-0.4, -0.2) is 25.2 Å². The third-order valence-electron chi connectivity index (χ3n) is 3.82. The van der Waals surface area contributed by atoms with Gasteiger partial charge in [0.2, 0.25) is 0 Å². The van der Waals surface area contributed by atoms with Gasteiger partial charge in [-0.05, 0) is 18.3 Å². The van der Waals surface area contributed by atoms with Crippen LogP contribution in [0.3, 0.4) is 0 Å². The maximum absolute atomic E-state index is 12.3. The lowest BCUT2D eigenvalue weighted by molar-refractivity contribution is -0.167. The Hall–Kier alpha value is -1.06. The van der Waals surface area contributed by atoms with Crippen molar-refractivity contribution < 1.29 is 19.1 Å². The van der Waals surface area contributed by atoms with Gasteiger partial charge in [-0.1, -0.05) is 73.1 Å². The van der Waals surface area contributed by atoms with Crippen LogP contribution in [0.25, 0.3) is 0 Å². The Morgan fingerprint density at radius 1 is 0.739 bits per heavy atom. The quantitative estimate of drug-likeness (QED) is 0.290. The van der Waals surface area contributed by atoms with E-state index in [1.807, 2.05) is 20.8 Å². The predicted octanol–water partition coefficient (Wildman–Crippen LogP) is 4.90. The summed E-state index contributed by atoms with van der Waals surface area (Å²) in [6.45, 7) is 10.7. The molecule has 0 spiro atoms. The van der Waals surface area contributed by atoms with Crippen molar-refractivity contribution in [3.63, 3.8) is 0 Å². The van der Waals surface area contributed by atoms with Crippen LogP contribution >= 0.6 is 0 Å². The molecule has 0 aliphatic carbocycles. The van der Waals surface area contributed by atoms with E-state index in [9.17, 15) is 9.59 Å². The molecule has 0 aromatic heterocycles. The average Bonchev–Trinajstić information content (AvgIpc) is 2.45. The van der Waals surface area contributed by atoms with Gasteiger partial charge in [0.15, 0.2) is 5.92 Å². The summed E-state index contributed by atoms with van der Waals surface area (Å²) in [7, 11) is 0. The van der Waals surface area contributed by atoms with Gasteiger partial charge in [0, 0.05) is 0 Å². The summed E-state index contributed by atoms with van der Waals surface area (Å²) in [5, 5.41) is 0. The van der Waals surface area contributed by atoms with E-state index < -0.39 is 23.3 Å². The molecule has 0 aliphatic rings. The number of ether oxygens (including phenoxy) is 2. The number of carbonyl (C=O) groups is 2. The molecule has 136 valence electrons. The van der Waals surface area contributed by atoms with Gasteiger partial charge in [0.1, 0.15) is 0 Å². The summed E-state index contributed by atoms with van der Waals surface area (Å²) >= 11 is 0. The zero-order chi connectivity index (χ0) is 17.7. The normalized spacial score (nSPS) is 11.6. The SMILES string of the molecule is CCCCCCOC(=O)C(C(=O)OCCCCCC)C(C)(C)C. The third-order valence-corrected chi connectivity index (χ3v) is 3.82. The van der Waals surface area contributed by atoms with Crippen molar-refractivity contribution in [2.24, 2.45) is 11.3 Å². The fraction of sp³-hybridized carbons (Fsp3) is 0.895. The minimum absolute atomic E-state index is 0.384. The van der Waals surface area contributed by atoms with E-state index in [0.29, 0.717) is 13.2 Å². The molecule has 23 heavy (non-hydrogen) atoms. The fourth-order valence-electron chi connectivity index (χ4n) is 2.37. The minimum atomic E-state index is -0.847. The summed E-state index contributed by atoms with van der Waals surface area (Å²) in [5.74, 6) is -1.75. The van der Waals surface area contributed by atoms with Crippen molar-refractivity contribution in [1.82, 2.24) is 0 Å². The number of esters is 2. The molecule has 0 aromatic rings. The fourth-order valence-corrected chi connectivity index (χ4v) is 2.37. The molecular weight excluding hydrogens is 292 g/mol. The summed E-state index contributed by atoms with van der Waals surface area (Å²) in [6.07, 6.45) is 8.36. The number of hydrogen-bond acceptors (Lipinski definition) is 4. The average molecular weight is 328 g/mol. The molecule has 0 rings (SSSR count). The number of carbonyl (C=O) groups excluding carboxylic acids is 2. The second-order valence-electron chi connectivity index (χ2n) is 7.26. The Bertz CT molecular complexity index is 305. The molecule has 0 aromatic carbocycles. The van der Waals surface area contributed by atoms with E-state index in [1.165, 1.54) is 0 Å². The molecule has 0 bridgehead atoms. The largest absolute Gasteiger partial charge is 0.465 e. The Balaban J connectivity index is 4.33. The van der Waals surface area contributed by atoms with Crippen LogP contribution in [-0.2, 0) is 19.1 Å². The standard InChI is InChI=1S/C19H36O4/c1-6-8-10-12-14-22-17(20)16(19(3,4)5)18(21)23-15-13-11-9-7-2/h16H,6-15H2,1-5H3. The van der Waals surface area contributed by atoms with Crippen LogP contribution in [0.5, 0.6) is 0 Å². The van der Waals surface area contributed by atoms with Crippen LogP contribution in [0.4, 0.5) is 0 Å². The number of unbranched alkanes of at least 4 members (excludes halogenated alkanes) is 6. The number of rotatable bonds is 12. The van der Waals surface area contributed by atoms with E-state index in [0.717, 1.165) is 51.4 Å². The van der Waals surface area contributed by atoms with Gasteiger partial charge >= 0.3 is 11.9 Å². The van der Waals surface area contributed by atoms with Crippen molar-refractivity contribution in [3.8, 4) is 0 Å². The molecule has 0 saturated heterocycles. The van der Waals surface area contributed by atoms with Crippen LogP contribution in [0.15, 0.2) is 0 Å². The third kappa shape index (κ3) is 10.4. The molecule has 0 aliphatic heterocycles. The van der Waals surface area contributed by atoms with E-state index in [4.69, 9.17) is 9.47 Å². The molecule has 0 N–H and O–H groups in total. The van der Waals surface area contributed by atoms with Crippen molar-refractivity contribution in [2.45, 2.75) is 86.0 Å². The first-order valence-electron chi connectivity index (χ1n) is 9.17. The Kier molecular flexibility index (Phi) is 11.8. The summed E-state index contributed by atoms with van der Waals surface area (Å²) < 4.78 is 10.6. The van der Waals surface area contributed by atoms with Gasteiger partial charge in [0.25, 0.3) is 0 Å². The highest BCUT2D eigenvalue weighted by molar-refractivity contribution is 5.95. The van der Waals surface area contributed by atoms with E-state index in [1.54, 1.807) is 0 Å². The van der Waals surface area contributed by atoms with Gasteiger partial charge in [-0.2, -0.15) is 0 Å². The molecule has 0 heterocycles. The second-order valence-corrected chi connectivity index (χ2v) is 7.26. The first-order chi connectivity index (χ1) is 10.8. The van der Waals surface area contributed by atoms with Crippen molar-refractivity contribution in [1.29, 1.82) is 0 Å². The highest BCUT2D eigenvalue weighted by Gasteiger charge is 2.40. The zero-order valence-electron chi connectivity index (χ0n) is 15.8. The maximum Gasteiger partial charge on any atom is 0.320 e. The smallest absolute Gasteiger partial charge is 0.320 e. The van der Waals surface area contributed by atoms with E-state index >= 15 is 0 Å². The highest BCUT2D eigenvalue weighted by Crippen LogP contribution is 2.28. The second kappa shape index (κ2) is 12.4. The van der Waals surface area contributed by atoms with Gasteiger partial charge in [0.05, 0.1) is 13.2 Å². The predicted molar refractivity (Wildman–Crippen MR) is 93.1 cm³/mol. The number of hydrogen-bond donors (Lipinski definition) is 0. The zero-order valence-corrected chi connectivity index (χ0v) is 15.8. The minimum Gasteiger partial charge on any atom is -0.465 e. The van der Waals surface area contributed by atoms with E-state index in [-0.39, 0.29) is 0 Å². The highest BCUT2D eigenvalue weighted by atomic mass is 16.6. The molecule has 4 heteroatoms. The molecule has 0 atom stereocenters. The Labute approximate surface area is 142 Å². The monoisotopic (exact) mass is 328 g/mol. The molecule has 0 radical (unpaired) electrons. The Morgan fingerprint density at radius 3 is 1.43 bits per heavy atom. The first kappa shape index (κ1) is 21.9. The first-order valence-corrected chi connectivity index (χ1v) is 9.17. The van der Waals surface area contributed by atoms with Gasteiger partial charge in [-0.3, -0.25) is 9.59 Å². The van der Waals surface area contributed by atoms with Crippen LogP contribution < -0.4 is 0 Å². The molecule has 0 fully saturated rings. The lowest BCUT2D eigenvalue weighted by Gasteiger charge is -2.27. The van der Waals surface area contributed by atoms with Crippen LogP contribution in [0.1, 0.15) is 86.0 Å². The van der Waals surface area contributed by atoms with Gasteiger partial charge in [-0.15, -0.1) is 0 Å². The lowest BCUT2D eigenvalue weighted by atomic mass is 9.81. The molecule has 0 amide bonds. The van der Waals surface area contributed by atoms with Gasteiger partial charge in [-0.25, -0.2) is 0 Å². The Morgan fingerprint density at radius 2 is 1.13 bits per heavy atom. The summed E-state index contributed by atoms with van der Waals surface area (Å²) in [5.41, 5.74) is -0.499. The topological polar surface area (TPSA) is 52.6 Å². The molecule has 4 nitrogen and oxygen atoms in total. The molecular formula is C19H36O4. The lowest BCUT2D eigenvalue weighted by Crippen LogP contribution is -2.38. The summed E-state index contributed by atoms with van der Waals surface area (Å²) in [6, 6.07) is 0. The van der Waals surface area contributed by atoms with Crippen LogP contribution in [0, 0.1) is 11.3 Å². The summed E-state index contributed by atoms with van der Waals surface area (Å²) in [4.78, 5) is 24.6. The van der Waals surface area contributed by atoms with Crippen molar-refractivity contribution >= 4 is 11.9 Å². The molecule has 0 unspecified atom stereocenters. The van der Waals surface area contributed by atoms with Crippen molar-refractivity contribution in [2.75, 3.05) is 13.2 Å². The van der Waals surface area contributed by atoms with Crippen LogP contribution in [0.2, 0.25) is 0 Å². The van der Waals surface area contributed by atoms with Crippen molar-refractivity contribution in [3.05, 3.63) is 0 Å². The van der Waals surface area contributed by atoms with Gasteiger partial charge < -0.3 is 9.47 Å². The molecule has 0 saturated carbocycles. The van der Waals surface area contributed by atoms with E-state index in [2.05, 4.69) is 13.8 Å².